The molecule has 1 rings (SSSR count). The van der Waals surface area contributed by atoms with Gasteiger partial charge in [0.1, 0.15) is 6.61 Å². The number of hydrogen-bond donors (Lipinski definition) is 1. The van der Waals surface area contributed by atoms with E-state index in [-0.39, 0.29) is 12.7 Å². The van der Waals surface area contributed by atoms with Crippen molar-refractivity contribution in [1.29, 1.82) is 0 Å². The molecule has 0 amide bonds. The fraction of sp³-hybridized carbons (Fsp3) is 0.357. The monoisotopic (exact) mass is 250 g/mol. The first kappa shape index (κ1) is 14.4. The SMILES string of the molecule is C=CC[C@H](COCc1ccccc1)OCC(=O)O. The van der Waals surface area contributed by atoms with Crippen molar-refractivity contribution in [3.63, 3.8) is 0 Å². The topological polar surface area (TPSA) is 55.8 Å². The average molecular weight is 250 g/mol. The van der Waals surface area contributed by atoms with Crippen molar-refractivity contribution in [2.75, 3.05) is 13.2 Å². The Balaban J connectivity index is 2.28. The summed E-state index contributed by atoms with van der Waals surface area (Å²) in [5.74, 6) is -0.980. The van der Waals surface area contributed by atoms with E-state index in [1.54, 1.807) is 6.08 Å². The van der Waals surface area contributed by atoms with E-state index in [1.807, 2.05) is 30.3 Å². The predicted molar refractivity (Wildman–Crippen MR) is 68.3 cm³/mol. The molecule has 4 heteroatoms. The minimum atomic E-state index is -0.980. The molecule has 0 saturated heterocycles. The van der Waals surface area contributed by atoms with Crippen molar-refractivity contribution in [2.24, 2.45) is 0 Å². The second-order valence-electron chi connectivity index (χ2n) is 3.85. The summed E-state index contributed by atoms with van der Waals surface area (Å²) in [7, 11) is 0. The van der Waals surface area contributed by atoms with Gasteiger partial charge in [-0.25, -0.2) is 4.79 Å². The number of ether oxygens (including phenoxy) is 2. The average Bonchev–Trinajstić information content (AvgIpc) is 2.37. The number of carbonyl (C=O) groups is 1. The van der Waals surface area contributed by atoms with E-state index in [2.05, 4.69) is 6.58 Å². The van der Waals surface area contributed by atoms with E-state index >= 15 is 0 Å². The van der Waals surface area contributed by atoms with Gasteiger partial charge in [-0.1, -0.05) is 36.4 Å². The van der Waals surface area contributed by atoms with Crippen LogP contribution in [0.25, 0.3) is 0 Å². The summed E-state index contributed by atoms with van der Waals surface area (Å²) in [5, 5.41) is 8.54. The van der Waals surface area contributed by atoms with Gasteiger partial charge in [0, 0.05) is 0 Å². The fourth-order valence-corrected chi connectivity index (χ4v) is 1.44. The molecule has 18 heavy (non-hydrogen) atoms. The van der Waals surface area contributed by atoms with Gasteiger partial charge in [0.05, 0.1) is 19.3 Å². The summed E-state index contributed by atoms with van der Waals surface area (Å²) >= 11 is 0. The third kappa shape index (κ3) is 6.18. The van der Waals surface area contributed by atoms with Gasteiger partial charge in [-0.2, -0.15) is 0 Å². The minimum Gasteiger partial charge on any atom is -0.480 e. The lowest BCUT2D eigenvalue weighted by molar-refractivity contribution is -0.145. The fourth-order valence-electron chi connectivity index (χ4n) is 1.44. The van der Waals surface area contributed by atoms with Crippen molar-refractivity contribution >= 4 is 5.97 Å². The highest BCUT2D eigenvalue weighted by molar-refractivity contribution is 5.68. The smallest absolute Gasteiger partial charge is 0.329 e. The zero-order valence-electron chi connectivity index (χ0n) is 10.2. The van der Waals surface area contributed by atoms with Crippen LogP contribution in [0.1, 0.15) is 12.0 Å². The van der Waals surface area contributed by atoms with Gasteiger partial charge in [-0.15, -0.1) is 6.58 Å². The van der Waals surface area contributed by atoms with Crippen LogP contribution in [-0.2, 0) is 20.9 Å². The molecular weight excluding hydrogens is 232 g/mol. The van der Waals surface area contributed by atoms with Crippen LogP contribution < -0.4 is 0 Å². The van der Waals surface area contributed by atoms with E-state index in [0.29, 0.717) is 19.6 Å². The van der Waals surface area contributed by atoms with Gasteiger partial charge in [0.25, 0.3) is 0 Å². The van der Waals surface area contributed by atoms with E-state index < -0.39 is 5.97 Å². The van der Waals surface area contributed by atoms with Crippen LogP contribution in [0.5, 0.6) is 0 Å². The normalized spacial score (nSPS) is 12.0. The van der Waals surface area contributed by atoms with Gasteiger partial charge in [-0.05, 0) is 12.0 Å². The maximum Gasteiger partial charge on any atom is 0.329 e. The summed E-state index contributed by atoms with van der Waals surface area (Å²) < 4.78 is 10.7. The molecule has 1 atom stereocenters. The third-order valence-corrected chi connectivity index (χ3v) is 2.29. The van der Waals surface area contributed by atoms with Gasteiger partial charge >= 0.3 is 5.97 Å². The first-order valence-corrected chi connectivity index (χ1v) is 5.78. The lowest BCUT2D eigenvalue weighted by Crippen LogP contribution is -2.22. The molecule has 0 spiro atoms. The van der Waals surface area contributed by atoms with Crippen LogP contribution in [0.15, 0.2) is 43.0 Å². The van der Waals surface area contributed by atoms with Gasteiger partial charge in [0.2, 0.25) is 0 Å². The van der Waals surface area contributed by atoms with Crippen LogP contribution in [0.4, 0.5) is 0 Å². The number of benzene rings is 1. The molecular formula is C14H18O4. The maximum atomic E-state index is 10.4. The molecule has 1 N–H and O–H groups in total. The predicted octanol–water partition coefficient (Wildman–Crippen LogP) is 2.25. The van der Waals surface area contributed by atoms with E-state index in [4.69, 9.17) is 14.6 Å². The second-order valence-corrected chi connectivity index (χ2v) is 3.85. The van der Waals surface area contributed by atoms with Crippen molar-refractivity contribution in [2.45, 2.75) is 19.1 Å². The van der Waals surface area contributed by atoms with Crippen molar-refractivity contribution in [3.8, 4) is 0 Å². The molecule has 0 fully saturated rings. The lowest BCUT2D eigenvalue weighted by atomic mass is 10.2. The summed E-state index contributed by atoms with van der Waals surface area (Å²) in [6, 6.07) is 9.78. The van der Waals surface area contributed by atoms with Crippen LogP contribution in [0.2, 0.25) is 0 Å². The van der Waals surface area contributed by atoms with E-state index in [1.165, 1.54) is 0 Å². The van der Waals surface area contributed by atoms with Crippen LogP contribution in [0, 0.1) is 0 Å². The Morgan fingerprint density at radius 3 is 2.72 bits per heavy atom. The highest BCUT2D eigenvalue weighted by atomic mass is 16.5. The van der Waals surface area contributed by atoms with Crippen LogP contribution >= 0.6 is 0 Å². The number of carboxylic acid groups (broad SMARTS) is 1. The summed E-state index contributed by atoms with van der Waals surface area (Å²) in [6.07, 6.45) is 2.00. The molecule has 0 unspecified atom stereocenters. The molecule has 98 valence electrons. The highest BCUT2D eigenvalue weighted by Crippen LogP contribution is 2.05. The van der Waals surface area contributed by atoms with Gasteiger partial charge in [-0.3, -0.25) is 0 Å². The molecule has 0 saturated carbocycles. The van der Waals surface area contributed by atoms with E-state index in [0.717, 1.165) is 5.56 Å². The first-order chi connectivity index (χ1) is 8.72. The molecule has 1 aromatic rings. The van der Waals surface area contributed by atoms with Gasteiger partial charge in [0.15, 0.2) is 0 Å². The summed E-state index contributed by atoms with van der Waals surface area (Å²) in [6.45, 7) is 4.14. The highest BCUT2D eigenvalue weighted by Gasteiger charge is 2.09. The number of hydrogen-bond acceptors (Lipinski definition) is 3. The standard InChI is InChI=1S/C14H18O4/c1-2-6-13(18-11-14(15)16)10-17-9-12-7-4-3-5-8-12/h2-5,7-8,13H,1,6,9-11H2,(H,15,16)/t13-/m1/s1. The Morgan fingerprint density at radius 1 is 1.39 bits per heavy atom. The molecule has 0 aliphatic heterocycles. The summed E-state index contributed by atoms with van der Waals surface area (Å²) in [4.78, 5) is 10.4. The number of carboxylic acids is 1. The molecule has 0 aliphatic carbocycles. The van der Waals surface area contributed by atoms with Crippen molar-refractivity contribution in [1.82, 2.24) is 0 Å². The van der Waals surface area contributed by atoms with Crippen molar-refractivity contribution in [3.05, 3.63) is 48.6 Å². The number of aliphatic carboxylic acids is 1. The molecule has 0 radical (unpaired) electrons. The molecule has 0 heterocycles. The van der Waals surface area contributed by atoms with Gasteiger partial charge < -0.3 is 14.6 Å². The number of rotatable bonds is 9. The molecule has 4 nitrogen and oxygen atoms in total. The van der Waals surface area contributed by atoms with Crippen LogP contribution in [-0.4, -0.2) is 30.4 Å². The summed E-state index contributed by atoms with van der Waals surface area (Å²) in [5.41, 5.74) is 1.08. The Labute approximate surface area is 107 Å². The zero-order valence-corrected chi connectivity index (χ0v) is 10.2. The Bertz CT molecular complexity index is 361. The third-order valence-electron chi connectivity index (χ3n) is 2.29. The first-order valence-electron chi connectivity index (χ1n) is 5.78. The quantitative estimate of drug-likeness (QED) is 0.683. The Morgan fingerprint density at radius 2 is 2.11 bits per heavy atom. The minimum absolute atomic E-state index is 0.262. The Kier molecular flexibility index (Phi) is 6.76. The molecule has 0 bridgehead atoms. The van der Waals surface area contributed by atoms with E-state index in [9.17, 15) is 4.79 Å². The Hall–Kier alpha value is -1.65. The molecule has 0 aliphatic rings. The van der Waals surface area contributed by atoms with Crippen LogP contribution in [0.3, 0.4) is 0 Å². The van der Waals surface area contributed by atoms with Crippen molar-refractivity contribution < 1.29 is 19.4 Å². The largest absolute Gasteiger partial charge is 0.480 e. The molecule has 1 aromatic carbocycles. The maximum absolute atomic E-state index is 10.4. The molecule has 0 aromatic heterocycles. The second kappa shape index (κ2) is 8.44. The lowest BCUT2D eigenvalue weighted by Gasteiger charge is -2.15. The zero-order chi connectivity index (χ0) is 13.2.